The Balaban J connectivity index is 3.26. The molecule has 0 saturated carbocycles. The first-order valence-electron chi connectivity index (χ1n) is 3.59. The van der Waals surface area contributed by atoms with Gasteiger partial charge in [-0.2, -0.15) is 0 Å². The Morgan fingerprint density at radius 1 is 1.43 bits per heavy atom. The van der Waals surface area contributed by atoms with Crippen LogP contribution in [0.3, 0.4) is 0 Å². The summed E-state index contributed by atoms with van der Waals surface area (Å²) < 4.78 is 25.4. The number of carbonyl (C=O) groups is 1. The maximum Gasteiger partial charge on any atom is 0.325 e. The molecule has 14 heavy (non-hydrogen) atoms. The van der Waals surface area contributed by atoms with E-state index in [1.54, 1.807) is 0 Å². The lowest BCUT2D eigenvalue weighted by atomic mass is 10.1. The first kappa shape index (κ1) is 10.4. The van der Waals surface area contributed by atoms with Crippen molar-refractivity contribution >= 4 is 5.97 Å². The zero-order valence-electron chi connectivity index (χ0n) is 6.87. The van der Waals surface area contributed by atoms with E-state index in [9.17, 15) is 13.6 Å². The quantitative estimate of drug-likeness (QED) is 0.662. The van der Waals surface area contributed by atoms with Crippen LogP contribution in [0.4, 0.5) is 8.78 Å². The van der Waals surface area contributed by atoms with Crippen molar-refractivity contribution in [2.45, 2.75) is 6.04 Å². The third-order valence-electron chi connectivity index (χ3n) is 1.66. The molecule has 6 heteroatoms. The van der Waals surface area contributed by atoms with Gasteiger partial charge >= 0.3 is 5.97 Å². The molecule has 0 saturated heterocycles. The van der Waals surface area contributed by atoms with Crippen LogP contribution in [-0.4, -0.2) is 16.2 Å². The van der Waals surface area contributed by atoms with Crippen LogP contribution in [0, 0.1) is 11.6 Å². The molecule has 0 aliphatic rings. The minimum atomic E-state index is -1.65. The van der Waals surface area contributed by atoms with Gasteiger partial charge in [-0.3, -0.25) is 4.79 Å². The number of rotatable bonds is 2. The Morgan fingerprint density at radius 3 is 2.50 bits per heavy atom. The van der Waals surface area contributed by atoms with E-state index in [1.165, 1.54) is 0 Å². The molecule has 1 aromatic carbocycles. The third kappa shape index (κ3) is 1.80. The van der Waals surface area contributed by atoms with Crippen molar-refractivity contribution in [3.63, 3.8) is 0 Å². The van der Waals surface area contributed by atoms with Crippen molar-refractivity contribution in [1.29, 1.82) is 0 Å². The number of aromatic hydroxyl groups is 1. The molecule has 1 aromatic rings. The fraction of sp³-hybridized carbons (Fsp3) is 0.125. The van der Waals surface area contributed by atoms with Crippen LogP contribution in [0.1, 0.15) is 11.6 Å². The van der Waals surface area contributed by atoms with Gasteiger partial charge in [0.2, 0.25) is 0 Å². The molecule has 0 spiro atoms. The van der Waals surface area contributed by atoms with E-state index in [2.05, 4.69) is 0 Å². The van der Waals surface area contributed by atoms with Gasteiger partial charge in [-0.15, -0.1) is 0 Å². The Morgan fingerprint density at radius 2 is 2.00 bits per heavy atom. The highest BCUT2D eigenvalue weighted by molar-refractivity contribution is 5.76. The average Bonchev–Trinajstić information content (AvgIpc) is 2.09. The summed E-state index contributed by atoms with van der Waals surface area (Å²) in [5.41, 5.74) is 4.59. The number of halogens is 2. The number of benzene rings is 1. The minimum absolute atomic E-state index is 0.438. The maximum atomic E-state index is 12.7. The summed E-state index contributed by atoms with van der Waals surface area (Å²) in [5, 5.41) is 17.5. The van der Waals surface area contributed by atoms with Gasteiger partial charge in [0.25, 0.3) is 0 Å². The largest absolute Gasteiger partial charge is 0.505 e. The molecule has 0 bridgehead atoms. The molecular formula is C8H7F2NO3. The molecule has 0 heterocycles. The second-order valence-electron chi connectivity index (χ2n) is 2.64. The van der Waals surface area contributed by atoms with E-state index in [4.69, 9.17) is 15.9 Å². The lowest BCUT2D eigenvalue weighted by Crippen LogP contribution is -2.21. The third-order valence-corrected chi connectivity index (χ3v) is 1.66. The SMILES string of the molecule is NC(C(=O)O)c1cc(F)cc(F)c1O. The number of nitrogens with two attached hydrogens (primary N) is 1. The van der Waals surface area contributed by atoms with E-state index in [0.717, 1.165) is 0 Å². The van der Waals surface area contributed by atoms with Gasteiger partial charge in [-0.25, -0.2) is 8.78 Å². The lowest BCUT2D eigenvalue weighted by molar-refractivity contribution is -0.138. The monoisotopic (exact) mass is 203 g/mol. The summed E-state index contributed by atoms with van der Waals surface area (Å²) in [4.78, 5) is 10.4. The summed E-state index contributed by atoms with van der Waals surface area (Å²) in [5.74, 6) is -4.66. The highest BCUT2D eigenvalue weighted by Crippen LogP contribution is 2.27. The van der Waals surface area contributed by atoms with Gasteiger partial charge in [0.15, 0.2) is 11.6 Å². The van der Waals surface area contributed by atoms with Gasteiger partial charge in [0.05, 0.1) is 0 Å². The van der Waals surface area contributed by atoms with Crippen LogP contribution in [-0.2, 0) is 4.79 Å². The number of hydrogen-bond acceptors (Lipinski definition) is 3. The van der Waals surface area contributed by atoms with E-state index in [-0.39, 0.29) is 0 Å². The maximum absolute atomic E-state index is 12.7. The lowest BCUT2D eigenvalue weighted by Gasteiger charge is -2.09. The standard InChI is InChI=1S/C8H7F2NO3/c9-3-1-4(6(11)8(13)14)7(12)5(10)2-3/h1-2,6,12H,11H2,(H,13,14). The van der Waals surface area contributed by atoms with Crippen molar-refractivity contribution in [3.8, 4) is 5.75 Å². The average molecular weight is 203 g/mol. The van der Waals surface area contributed by atoms with E-state index < -0.39 is 35.0 Å². The van der Waals surface area contributed by atoms with Crippen LogP contribution in [0.5, 0.6) is 5.75 Å². The van der Waals surface area contributed by atoms with Crippen molar-refractivity contribution in [2.75, 3.05) is 0 Å². The zero-order chi connectivity index (χ0) is 10.9. The molecule has 0 amide bonds. The van der Waals surface area contributed by atoms with Crippen molar-refractivity contribution < 1.29 is 23.8 Å². The van der Waals surface area contributed by atoms with Gasteiger partial charge in [0, 0.05) is 11.6 Å². The first-order chi connectivity index (χ1) is 6.43. The summed E-state index contributed by atoms with van der Waals surface area (Å²) in [6.45, 7) is 0. The molecule has 1 rings (SSSR count). The molecule has 76 valence electrons. The predicted octanol–water partition coefficient (Wildman–Crippen LogP) is 0.755. The topological polar surface area (TPSA) is 83.6 Å². The summed E-state index contributed by atoms with van der Waals surface area (Å²) in [6, 6.07) is -0.537. The Kier molecular flexibility index (Phi) is 2.66. The minimum Gasteiger partial charge on any atom is -0.505 e. The highest BCUT2D eigenvalue weighted by Gasteiger charge is 2.21. The highest BCUT2D eigenvalue weighted by atomic mass is 19.1. The number of hydrogen-bond donors (Lipinski definition) is 3. The molecular weight excluding hydrogens is 196 g/mol. The van der Waals surface area contributed by atoms with Crippen molar-refractivity contribution in [1.82, 2.24) is 0 Å². The van der Waals surface area contributed by atoms with Crippen molar-refractivity contribution in [3.05, 3.63) is 29.3 Å². The normalized spacial score (nSPS) is 12.5. The number of phenolic OH excluding ortho intramolecular Hbond substituents is 1. The number of aliphatic carboxylic acids is 1. The van der Waals surface area contributed by atoms with Gasteiger partial charge in [0.1, 0.15) is 11.9 Å². The molecule has 0 aromatic heterocycles. The number of phenols is 1. The second kappa shape index (κ2) is 3.59. The van der Waals surface area contributed by atoms with E-state index in [1.807, 2.05) is 0 Å². The van der Waals surface area contributed by atoms with Gasteiger partial charge < -0.3 is 15.9 Å². The van der Waals surface area contributed by atoms with E-state index in [0.29, 0.717) is 12.1 Å². The fourth-order valence-electron chi connectivity index (χ4n) is 0.956. The summed E-state index contributed by atoms with van der Waals surface area (Å²) in [7, 11) is 0. The van der Waals surface area contributed by atoms with Crippen LogP contribution < -0.4 is 5.73 Å². The van der Waals surface area contributed by atoms with Gasteiger partial charge in [-0.1, -0.05) is 0 Å². The van der Waals surface area contributed by atoms with Crippen LogP contribution in [0.2, 0.25) is 0 Å². The summed E-state index contributed by atoms with van der Waals surface area (Å²) >= 11 is 0. The van der Waals surface area contributed by atoms with Crippen LogP contribution >= 0.6 is 0 Å². The Hall–Kier alpha value is -1.69. The molecule has 0 radical (unpaired) electrons. The van der Waals surface area contributed by atoms with Crippen LogP contribution in [0.15, 0.2) is 12.1 Å². The Labute approximate surface area is 77.6 Å². The fourth-order valence-corrected chi connectivity index (χ4v) is 0.956. The zero-order valence-corrected chi connectivity index (χ0v) is 6.87. The molecule has 1 unspecified atom stereocenters. The molecule has 0 fully saturated rings. The number of carboxylic acid groups (broad SMARTS) is 1. The molecule has 1 atom stereocenters. The van der Waals surface area contributed by atoms with Crippen LogP contribution in [0.25, 0.3) is 0 Å². The first-order valence-corrected chi connectivity index (χ1v) is 3.59. The van der Waals surface area contributed by atoms with Crippen molar-refractivity contribution in [2.24, 2.45) is 5.73 Å². The Bertz CT molecular complexity index is 381. The smallest absolute Gasteiger partial charge is 0.325 e. The van der Waals surface area contributed by atoms with E-state index >= 15 is 0 Å². The second-order valence-corrected chi connectivity index (χ2v) is 2.64. The molecule has 4 nitrogen and oxygen atoms in total. The molecule has 4 N–H and O–H groups in total. The van der Waals surface area contributed by atoms with Gasteiger partial charge in [-0.05, 0) is 6.07 Å². The molecule has 0 aliphatic heterocycles. The number of carboxylic acids is 1. The molecule has 0 aliphatic carbocycles. The summed E-state index contributed by atoms with van der Waals surface area (Å²) in [6.07, 6.45) is 0. The predicted molar refractivity (Wildman–Crippen MR) is 42.6 cm³/mol.